The first-order valence-corrected chi connectivity index (χ1v) is 4.31. The Hall–Kier alpha value is -0.690. The molecule has 0 N–H and O–H groups in total. The second-order valence-corrected chi connectivity index (χ2v) is 2.87. The first-order valence-electron chi connectivity index (χ1n) is 3.94. The van der Waals surface area contributed by atoms with Crippen molar-refractivity contribution in [1.29, 1.82) is 0 Å². The van der Waals surface area contributed by atoms with Crippen LogP contribution in [-0.4, -0.2) is 7.11 Å². The molecule has 0 aromatic carbocycles. The van der Waals surface area contributed by atoms with Crippen LogP contribution in [0.2, 0.25) is 0 Å². The van der Waals surface area contributed by atoms with Crippen LogP contribution in [0.5, 0.6) is 0 Å². The van der Waals surface area contributed by atoms with Gasteiger partial charge in [0.15, 0.2) is 0 Å². The molecule has 0 heterocycles. The normalized spacial score (nSPS) is 14.0. The monoisotopic (exact) mass is 186 g/mol. The number of hydrogen-bond donors (Lipinski definition) is 0. The summed E-state index contributed by atoms with van der Waals surface area (Å²) in [6, 6.07) is 0. The van der Waals surface area contributed by atoms with Crippen molar-refractivity contribution < 1.29 is 4.74 Å². The van der Waals surface area contributed by atoms with Gasteiger partial charge in [-0.2, -0.15) is 0 Å². The lowest BCUT2D eigenvalue weighted by atomic mass is 10.2. The van der Waals surface area contributed by atoms with Crippen LogP contribution in [-0.2, 0) is 4.74 Å². The topological polar surface area (TPSA) is 9.23 Å². The molecule has 0 aliphatic rings. The Morgan fingerprint density at radius 1 is 1.50 bits per heavy atom. The van der Waals surface area contributed by atoms with E-state index in [0.29, 0.717) is 5.03 Å². The summed E-state index contributed by atoms with van der Waals surface area (Å²) in [6.07, 6.45) is 8.52. The van der Waals surface area contributed by atoms with Crippen molar-refractivity contribution in [2.75, 3.05) is 7.11 Å². The lowest BCUT2D eigenvalue weighted by molar-refractivity contribution is 0.337. The summed E-state index contributed by atoms with van der Waals surface area (Å²) in [5.41, 5.74) is 1.12. The minimum atomic E-state index is 0.607. The summed E-state index contributed by atoms with van der Waals surface area (Å²) in [6.45, 7) is 4.09. The van der Waals surface area contributed by atoms with E-state index in [-0.39, 0.29) is 0 Å². The van der Waals surface area contributed by atoms with Crippen LogP contribution >= 0.6 is 11.6 Å². The molecule has 0 unspecified atom stereocenters. The number of ether oxygens (including phenoxy) is 1. The van der Waals surface area contributed by atoms with E-state index in [9.17, 15) is 0 Å². The molecule has 0 radical (unpaired) electrons. The summed E-state index contributed by atoms with van der Waals surface area (Å²) in [5, 5.41) is 0.607. The maximum absolute atomic E-state index is 5.78. The van der Waals surface area contributed by atoms with Crippen LogP contribution in [0.1, 0.15) is 20.3 Å². The SMILES string of the molecule is CC\C=C/C(C)=C\C(Cl)=C\OC. The van der Waals surface area contributed by atoms with Gasteiger partial charge in [-0.1, -0.05) is 30.7 Å². The van der Waals surface area contributed by atoms with Crippen molar-refractivity contribution in [2.45, 2.75) is 20.3 Å². The van der Waals surface area contributed by atoms with Crippen molar-refractivity contribution in [3.8, 4) is 0 Å². The zero-order valence-corrected chi connectivity index (χ0v) is 8.56. The molecule has 0 fully saturated rings. The fourth-order valence-corrected chi connectivity index (χ4v) is 0.977. The largest absolute Gasteiger partial charge is 0.503 e. The lowest BCUT2D eigenvalue weighted by Crippen LogP contribution is -1.72. The third-order valence-electron chi connectivity index (χ3n) is 1.21. The molecule has 1 nitrogen and oxygen atoms in total. The van der Waals surface area contributed by atoms with Crippen LogP contribution in [0, 0.1) is 0 Å². The Balaban J connectivity index is 4.15. The maximum Gasteiger partial charge on any atom is 0.101 e. The fourth-order valence-electron chi connectivity index (χ4n) is 0.716. The minimum absolute atomic E-state index is 0.607. The van der Waals surface area contributed by atoms with Gasteiger partial charge >= 0.3 is 0 Å². The molecule has 0 bridgehead atoms. The van der Waals surface area contributed by atoms with Gasteiger partial charge in [-0.3, -0.25) is 0 Å². The second-order valence-electron chi connectivity index (χ2n) is 2.44. The van der Waals surface area contributed by atoms with Crippen molar-refractivity contribution in [3.05, 3.63) is 35.1 Å². The van der Waals surface area contributed by atoms with E-state index in [1.54, 1.807) is 7.11 Å². The van der Waals surface area contributed by atoms with E-state index in [0.717, 1.165) is 12.0 Å². The Bertz CT molecular complexity index is 202. The highest BCUT2D eigenvalue weighted by atomic mass is 35.5. The van der Waals surface area contributed by atoms with Gasteiger partial charge in [0.2, 0.25) is 0 Å². The summed E-state index contributed by atoms with van der Waals surface area (Å²) in [5.74, 6) is 0. The van der Waals surface area contributed by atoms with Crippen molar-refractivity contribution in [3.63, 3.8) is 0 Å². The van der Waals surface area contributed by atoms with Gasteiger partial charge < -0.3 is 4.74 Å². The van der Waals surface area contributed by atoms with Gasteiger partial charge in [-0.25, -0.2) is 0 Å². The highest BCUT2D eigenvalue weighted by Crippen LogP contribution is 2.08. The van der Waals surface area contributed by atoms with Crippen LogP contribution in [0.15, 0.2) is 35.1 Å². The molecule has 0 spiro atoms. The number of methoxy groups -OCH3 is 1. The Morgan fingerprint density at radius 3 is 2.67 bits per heavy atom. The van der Waals surface area contributed by atoms with E-state index in [2.05, 4.69) is 13.0 Å². The van der Waals surface area contributed by atoms with E-state index in [1.165, 1.54) is 6.26 Å². The molecule has 0 amide bonds. The predicted octanol–water partition coefficient (Wildman–Crippen LogP) is 3.63. The molecular formula is C10H15ClO. The number of halogens is 1. The summed E-state index contributed by atoms with van der Waals surface area (Å²) < 4.78 is 4.75. The molecule has 0 aliphatic carbocycles. The average molecular weight is 187 g/mol. The van der Waals surface area contributed by atoms with Crippen molar-refractivity contribution in [2.24, 2.45) is 0 Å². The summed E-state index contributed by atoms with van der Waals surface area (Å²) in [7, 11) is 1.58. The molecular weight excluding hydrogens is 172 g/mol. The third kappa shape index (κ3) is 6.05. The fraction of sp³-hybridized carbons (Fsp3) is 0.400. The van der Waals surface area contributed by atoms with Crippen LogP contribution in [0.3, 0.4) is 0 Å². The van der Waals surface area contributed by atoms with Gasteiger partial charge in [0.25, 0.3) is 0 Å². The van der Waals surface area contributed by atoms with Crippen LogP contribution in [0.4, 0.5) is 0 Å². The smallest absolute Gasteiger partial charge is 0.101 e. The second kappa shape index (κ2) is 6.99. The van der Waals surface area contributed by atoms with Gasteiger partial charge in [0, 0.05) is 0 Å². The molecule has 0 aromatic heterocycles. The Labute approximate surface area is 79.4 Å². The molecule has 0 rings (SSSR count). The van der Waals surface area contributed by atoms with Crippen molar-refractivity contribution >= 4 is 11.6 Å². The number of hydrogen-bond acceptors (Lipinski definition) is 1. The molecule has 12 heavy (non-hydrogen) atoms. The molecule has 0 aromatic rings. The molecule has 0 atom stereocenters. The Kier molecular flexibility index (Phi) is 6.58. The molecule has 0 saturated carbocycles. The first-order chi connectivity index (χ1) is 5.70. The van der Waals surface area contributed by atoms with E-state index in [1.807, 2.05) is 19.1 Å². The number of rotatable bonds is 4. The molecule has 68 valence electrons. The zero-order valence-electron chi connectivity index (χ0n) is 7.80. The van der Waals surface area contributed by atoms with Gasteiger partial charge in [-0.05, 0) is 25.0 Å². The zero-order chi connectivity index (χ0) is 9.40. The maximum atomic E-state index is 5.78. The molecule has 2 heteroatoms. The molecule has 0 aliphatic heterocycles. The summed E-state index contributed by atoms with van der Waals surface area (Å²) >= 11 is 5.78. The average Bonchev–Trinajstić information content (AvgIpc) is 2.01. The van der Waals surface area contributed by atoms with Crippen LogP contribution in [0.25, 0.3) is 0 Å². The predicted molar refractivity (Wildman–Crippen MR) is 54.1 cm³/mol. The van der Waals surface area contributed by atoms with E-state index in [4.69, 9.17) is 16.3 Å². The van der Waals surface area contributed by atoms with Gasteiger partial charge in [-0.15, -0.1) is 0 Å². The van der Waals surface area contributed by atoms with Crippen molar-refractivity contribution in [1.82, 2.24) is 0 Å². The standard InChI is InChI=1S/C10H15ClO/c1-4-5-6-9(2)7-10(11)8-12-3/h5-8H,4H2,1-3H3/b6-5-,9-7-,10-8-. The summed E-state index contributed by atoms with van der Waals surface area (Å²) in [4.78, 5) is 0. The Morgan fingerprint density at radius 2 is 2.17 bits per heavy atom. The molecule has 0 saturated heterocycles. The number of allylic oxidation sites excluding steroid dienone is 5. The van der Waals surface area contributed by atoms with Crippen LogP contribution < -0.4 is 0 Å². The quantitative estimate of drug-likeness (QED) is 0.481. The highest BCUT2D eigenvalue weighted by molar-refractivity contribution is 6.31. The minimum Gasteiger partial charge on any atom is -0.503 e. The highest BCUT2D eigenvalue weighted by Gasteiger charge is 1.86. The van der Waals surface area contributed by atoms with E-state index < -0.39 is 0 Å². The van der Waals surface area contributed by atoms with Gasteiger partial charge in [0.05, 0.1) is 12.1 Å². The van der Waals surface area contributed by atoms with Gasteiger partial charge in [0.1, 0.15) is 6.26 Å². The lowest BCUT2D eigenvalue weighted by Gasteiger charge is -1.92. The van der Waals surface area contributed by atoms with E-state index >= 15 is 0 Å². The first kappa shape index (κ1) is 11.3. The third-order valence-corrected chi connectivity index (χ3v) is 1.41.